The monoisotopic (exact) mass is 521 g/mol. The maximum absolute atomic E-state index is 14.4. The van der Waals surface area contributed by atoms with Gasteiger partial charge in [0.1, 0.15) is 11.6 Å². The first-order valence-electron chi connectivity index (χ1n) is 13.2. The zero-order chi connectivity index (χ0) is 27.1. The Balaban J connectivity index is 1.51. The lowest BCUT2D eigenvalue weighted by molar-refractivity contribution is -0.135. The molecular weight excluding hydrogens is 485 g/mol. The summed E-state index contributed by atoms with van der Waals surface area (Å²) in [6.45, 7) is 0.511. The molecule has 1 heterocycles. The minimum absolute atomic E-state index is 0.107. The maximum Gasteiger partial charge on any atom is 0.239 e. The van der Waals surface area contributed by atoms with E-state index in [1.54, 1.807) is 13.1 Å². The molecule has 3 N–H and O–H groups in total. The number of aliphatic hydroxyl groups excluding tert-OH is 1. The van der Waals surface area contributed by atoms with Crippen LogP contribution in [0.1, 0.15) is 55.2 Å². The Morgan fingerprint density at radius 3 is 2.82 bits per heavy atom. The molecule has 7 nitrogen and oxygen atoms in total. The summed E-state index contributed by atoms with van der Waals surface area (Å²) in [4.78, 5) is 26.7. The van der Waals surface area contributed by atoms with Gasteiger partial charge in [-0.25, -0.2) is 4.39 Å². The molecule has 1 saturated carbocycles. The van der Waals surface area contributed by atoms with Gasteiger partial charge in [-0.05, 0) is 73.9 Å². The second-order valence-corrected chi connectivity index (χ2v) is 10.3. The number of nitrogens with one attached hydrogen (secondary N) is 2. The van der Waals surface area contributed by atoms with E-state index in [2.05, 4.69) is 16.6 Å². The van der Waals surface area contributed by atoms with Crippen molar-refractivity contribution in [3.63, 3.8) is 0 Å². The number of carbonyl (C=O) groups excluding carboxylic acids is 2. The number of halogens is 1. The fourth-order valence-corrected chi connectivity index (χ4v) is 4.89. The van der Waals surface area contributed by atoms with Gasteiger partial charge in [0.05, 0.1) is 25.3 Å². The summed E-state index contributed by atoms with van der Waals surface area (Å²) in [6.07, 6.45) is 9.15. The number of hydrogen-bond acceptors (Lipinski definition) is 5. The third-order valence-corrected chi connectivity index (χ3v) is 7.29. The van der Waals surface area contributed by atoms with Crippen LogP contribution in [-0.4, -0.2) is 60.7 Å². The molecule has 2 amide bonds. The Morgan fingerprint density at radius 2 is 2.05 bits per heavy atom. The molecule has 2 unspecified atom stereocenters. The second kappa shape index (κ2) is 12.4. The molecule has 2 aromatic rings. The van der Waals surface area contributed by atoms with Crippen LogP contribution in [0.4, 0.5) is 4.39 Å². The summed E-state index contributed by atoms with van der Waals surface area (Å²) < 4.78 is 20.2. The van der Waals surface area contributed by atoms with E-state index in [-0.39, 0.29) is 36.9 Å². The average Bonchev–Trinajstić information content (AvgIpc) is 3.69. The molecule has 1 aliphatic heterocycles. The summed E-state index contributed by atoms with van der Waals surface area (Å²) in [7, 11) is 1.60. The van der Waals surface area contributed by atoms with Gasteiger partial charge in [0.25, 0.3) is 0 Å². The standard InChI is InChI=1S/C30H36FN3O4/c1-3-21-8-7-9-23(14-21)30(11-12-30)32-19-27(35)26-17-22-15-24(31)18-25(16-22)38-13-6-4-5-10-29(37)34(2)20-28(36)33-26/h1,7-9,14-16,18,26-27,32,35H,4-6,10-13,17,19-20H2,2H3,(H,33,36). The number of fused-ring (bicyclic) bond motifs is 2. The number of nitrogens with zero attached hydrogens (tertiary/aromatic N) is 1. The predicted molar refractivity (Wildman–Crippen MR) is 143 cm³/mol. The van der Waals surface area contributed by atoms with E-state index in [4.69, 9.17) is 11.2 Å². The van der Waals surface area contributed by atoms with E-state index >= 15 is 0 Å². The summed E-state index contributed by atoms with van der Waals surface area (Å²) >= 11 is 0. The average molecular weight is 522 g/mol. The molecule has 202 valence electrons. The smallest absolute Gasteiger partial charge is 0.239 e. The van der Waals surface area contributed by atoms with E-state index in [1.807, 2.05) is 24.3 Å². The number of amides is 2. The van der Waals surface area contributed by atoms with Crippen molar-refractivity contribution in [3.05, 3.63) is 65.0 Å². The molecule has 4 rings (SSSR count). The molecule has 1 aliphatic carbocycles. The Bertz CT molecular complexity index is 1190. The molecule has 0 aromatic heterocycles. The number of likely N-dealkylation sites (N-methyl/N-ethyl adjacent to an activating group) is 1. The Hall–Kier alpha value is -3.41. The zero-order valence-electron chi connectivity index (χ0n) is 21.8. The van der Waals surface area contributed by atoms with Crippen LogP contribution in [0.15, 0.2) is 42.5 Å². The highest BCUT2D eigenvalue weighted by atomic mass is 19.1. The maximum atomic E-state index is 14.4. The summed E-state index contributed by atoms with van der Waals surface area (Å²) in [5.74, 6) is 2.14. The number of rotatable bonds is 5. The first kappa shape index (κ1) is 27.6. The van der Waals surface area contributed by atoms with Crippen LogP contribution in [0.5, 0.6) is 5.75 Å². The fraction of sp³-hybridized carbons (Fsp3) is 0.467. The first-order valence-corrected chi connectivity index (χ1v) is 13.2. The molecule has 2 bridgehead atoms. The molecule has 0 radical (unpaired) electrons. The highest BCUT2D eigenvalue weighted by Crippen LogP contribution is 2.45. The third-order valence-electron chi connectivity index (χ3n) is 7.29. The van der Waals surface area contributed by atoms with Crippen LogP contribution in [0.25, 0.3) is 0 Å². The molecular formula is C30H36FN3O4. The predicted octanol–water partition coefficient (Wildman–Crippen LogP) is 2.89. The summed E-state index contributed by atoms with van der Waals surface area (Å²) in [6, 6.07) is 11.5. The van der Waals surface area contributed by atoms with E-state index in [0.29, 0.717) is 30.8 Å². The van der Waals surface area contributed by atoms with Gasteiger partial charge < -0.3 is 25.4 Å². The van der Waals surface area contributed by atoms with Crippen LogP contribution in [0, 0.1) is 18.2 Å². The lowest BCUT2D eigenvalue weighted by Gasteiger charge is -2.28. The van der Waals surface area contributed by atoms with Crippen LogP contribution in [-0.2, 0) is 21.5 Å². The molecule has 0 saturated heterocycles. The lowest BCUT2D eigenvalue weighted by atomic mass is 9.98. The topological polar surface area (TPSA) is 90.9 Å². The van der Waals surface area contributed by atoms with Gasteiger partial charge >= 0.3 is 0 Å². The third kappa shape index (κ3) is 7.33. The van der Waals surface area contributed by atoms with Crippen LogP contribution in [0.3, 0.4) is 0 Å². The lowest BCUT2D eigenvalue weighted by Crippen LogP contribution is -2.52. The second-order valence-electron chi connectivity index (χ2n) is 10.3. The zero-order valence-corrected chi connectivity index (χ0v) is 21.8. The van der Waals surface area contributed by atoms with E-state index in [0.717, 1.165) is 36.8 Å². The van der Waals surface area contributed by atoms with Crippen molar-refractivity contribution in [2.75, 3.05) is 26.7 Å². The van der Waals surface area contributed by atoms with Gasteiger partial charge in [0.15, 0.2) is 0 Å². The quantitative estimate of drug-likeness (QED) is 0.527. The highest BCUT2D eigenvalue weighted by molar-refractivity contribution is 5.84. The molecule has 1 fully saturated rings. The minimum Gasteiger partial charge on any atom is -0.493 e. The fourth-order valence-electron chi connectivity index (χ4n) is 4.89. The Kier molecular flexibility index (Phi) is 9.03. The Labute approximate surface area is 223 Å². The van der Waals surface area contributed by atoms with Gasteiger partial charge in [-0.1, -0.05) is 18.1 Å². The molecule has 8 heteroatoms. The van der Waals surface area contributed by atoms with Crippen LogP contribution >= 0.6 is 0 Å². The number of hydrogen-bond donors (Lipinski definition) is 3. The molecule has 2 aromatic carbocycles. The largest absolute Gasteiger partial charge is 0.493 e. The van der Waals surface area contributed by atoms with Crippen molar-refractivity contribution in [3.8, 4) is 18.1 Å². The molecule has 38 heavy (non-hydrogen) atoms. The van der Waals surface area contributed by atoms with Crippen molar-refractivity contribution in [2.24, 2.45) is 0 Å². The van der Waals surface area contributed by atoms with Crippen molar-refractivity contribution >= 4 is 11.8 Å². The number of ether oxygens (including phenoxy) is 1. The number of aliphatic hydroxyl groups is 1. The van der Waals surface area contributed by atoms with Crippen LogP contribution < -0.4 is 15.4 Å². The molecule has 2 aliphatic rings. The van der Waals surface area contributed by atoms with Crippen molar-refractivity contribution in [2.45, 2.75) is 62.6 Å². The summed E-state index contributed by atoms with van der Waals surface area (Å²) in [5.41, 5.74) is 2.18. The van der Waals surface area contributed by atoms with Crippen molar-refractivity contribution in [1.29, 1.82) is 0 Å². The van der Waals surface area contributed by atoms with E-state index in [9.17, 15) is 19.1 Å². The number of terminal acetylenes is 1. The van der Waals surface area contributed by atoms with Crippen molar-refractivity contribution in [1.82, 2.24) is 15.5 Å². The van der Waals surface area contributed by atoms with Gasteiger partial charge in [-0.2, -0.15) is 0 Å². The molecule has 2 atom stereocenters. The SMILES string of the molecule is C#Cc1cccc(C2(NCC(O)C3Cc4cc(F)cc(c4)OCCCCCC(=O)N(C)CC(=O)N3)CC2)c1. The Morgan fingerprint density at radius 1 is 1.24 bits per heavy atom. The van der Waals surface area contributed by atoms with Gasteiger partial charge in [-0.15, -0.1) is 6.42 Å². The van der Waals surface area contributed by atoms with Gasteiger partial charge in [-0.3, -0.25) is 9.59 Å². The van der Waals surface area contributed by atoms with Gasteiger partial charge in [0.2, 0.25) is 11.8 Å². The highest BCUT2D eigenvalue weighted by Gasteiger charge is 2.44. The van der Waals surface area contributed by atoms with E-state index in [1.165, 1.54) is 17.0 Å². The number of benzene rings is 2. The minimum atomic E-state index is -0.972. The first-order chi connectivity index (χ1) is 18.3. The molecule has 0 spiro atoms. The summed E-state index contributed by atoms with van der Waals surface area (Å²) in [5, 5.41) is 17.6. The van der Waals surface area contributed by atoms with Gasteiger partial charge in [0, 0.05) is 37.2 Å². The van der Waals surface area contributed by atoms with Crippen molar-refractivity contribution < 1.29 is 23.8 Å². The van der Waals surface area contributed by atoms with Crippen LogP contribution in [0.2, 0.25) is 0 Å². The normalized spacial score (nSPS) is 21.1. The van der Waals surface area contributed by atoms with E-state index < -0.39 is 18.0 Å². The number of carbonyl (C=O) groups is 2.